The third-order valence-electron chi connectivity index (χ3n) is 2.69. The molecule has 0 spiro atoms. The van der Waals surface area contributed by atoms with Crippen molar-refractivity contribution < 1.29 is 4.80 Å². The van der Waals surface area contributed by atoms with Crippen molar-refractivity contribution >= 4 is 48.4 Å². The van der Waals surface area contributed by atoms with Gasteiger partial charge in [-0.2, -0.15) is 6.42 Å². The van der Waals surface area contributed by atoms with Gasteiger partial charge in [-0.3, -0.25) is 0 Å². The van der Waals surface area contributed by atoms with Gasteiger partial charge in [0.1, 0.15) is 0 Å². The SMILES string of the molecule is Br.CC(C)(C)[Si](C)(C)O.[CH2-]CCCCC.[Mg+2]. The van der Waals surface area contributed by atoms with Crippen LogP contribution in [0.25, 0.3) is 0 Å². The van der Waals surface area contributed by atoms with Crippen molar-refractivity contribution in [1.82, 2.24) is 0 Å². The molecule has 0 rings (SSSR count). The molecule has 0 amide bonds. The van der Waals surface area contributed by atoms with Gasteiger partial charge in [-0.1, -0.05) is 47.0 Å². The van der Waals surface area contributed by atoms with E-state index in [1.54, 1.807) is 0 Å². The first-order chi connectivity index (χ1) is 6.16. The summed E-state index contributed by atoms with van der Waals surface area (Å²) in [6.07, 6.45) is 5.07. The van der Waals surface area contributed by atoms with Crippen LogP contribution >= 0.6 is 17.0 Å². The molecule has 0 aliphatic carbocycles. The molecule has 0 aromatic heterocycles. The van der Waals surface area contributed by atoms with Crippen molar-refractivity contribution in [2.75, 3.05) is 0 Å². The van der Waals surface area contributed by atoms with E-state index in [-0.39, 0.29) is 45.1 Å². The van der Waals surface area contributed by atoms with Crippen molar-refractivity contribution in [3.8, 4) is 0 Å². The Bertz CT molecular complexity index is 114. The van der Waals surface area contributed by atoms with E-state index < -0.39 is 8.32 Å². The Morgan fingerprint density at radius 3 is 1.50 bits per heavy atom. The Labute approximate surface area is 131 Å². The third-order valence-corrected chi connectivity index (χ3v) is 6.36. The summed E-state index contributed by atoms with van der Waals surface area (Å²) >= 11 is 0. The number of rotatable bonds is 3. The molecule has 0 heterocycles. The van der Waals surface area contributed by atoms with Gasteiger partial charge in [-0.15, -0.1) is 17.0 Å². The zero-order chi connectivity index (χ0) is 11.8. The topological polar surface area (TPSA) is 20.2 Å². The summed E-state index contributed by atoms with van der Waals surface area (Å²) in [7, 11) is -1.86. The van der Waals surface area contributed by atoms with Crippen LogP contribution in [0, 0.1) is 6.92 Å². The zero-order valence-electron chi connectivity index (χ0n) is 12.1. The van der Waals surface area contributed by atoms with Crippen LogP contribution < -0.4 is 0 Å². The van der Waals surface area contributed by atoms with Crippen LogP contribution in [0.3, 0.4) is 0 Å². The number of hydrogen-bond acceptors (Lipinski definition) is 1. The molecule has 96 valence electrons. The molecular formula is C12H30BrMgOSi+. The monoisotopic (exact) mass is 321 g/mol. The fraction of sp³-hybridized carbons (Fsp3) is 0.917. The molecule has 0 radical (unpaired) electrons. The number of halogens is 1. The van der Waals surface area contributed by atoms with Crippen molar-refractivity contribution in [2.45, 2.75) is 71.5 Å². The Balaban J connectivity index is -0.0000000825. The molecule has 0 bridgehead atoms. The number of hydrogen-bond donors (Lipinski definition) is 1. The molecule has 0 aromatic rings. The van der Waals surface area contributed by atoms with Gasteiger partial charge in [0.05, 0.1) is 0 Å². The molecule has 4 heteroatoms. The molecule has 1 nitrogen and oxygen atoms in total. The third kappa shape index (κ3) is 17.8. The van der Waals surface area contributed by atoms with Crippen LogP contribution in [0.4, 0.5) is 0 Å². The van der Waals surface area contributed by atoms with Gasteiger partial charge < -0.3 is 11.7 Å². The first kappa shape index (κ1) is 26.1. The van der Waals surface area contributed by atoms with Gasteiger partial charge in [-0.25, -0.2) is 0 Å². The van der Waals surface area contributed by atoms with Crippen molar-refractivity contribution in [3.05, 3.63) is 6.92 Å². The van der Waals surface area contributed by atoms with Gasteiger partial charge in [0.2, 0.25) is 0 Å². The van der Waals surface area contributed by atoms with Gasteiger partial charge in [0.25, 0.3) is 0 Å². The minimum atomic E-state index is -1.86. The van der Waals surface area contributed by atoms with E-state index >= 15 is 0 Å². The fourth-order valence-electron chi connectivity index (χ4n) is 0.427. The van der Waals surface area contributed by atoms with Crippen LogP contribution in [-0.2, 0) is 0 Å². The molecule has 0 aliphatic rings. The molecule has 0 aliphatic heterocycles. The summed E-state index contributed by atoms with van der Waals surface area (Å²) in [5.41, 5.74) is 0. The second-order valence-electron chi connectivity index (χ2n) is 5.37. The second-order valence-corrected chi connectivity index (χ2v) is 9.99. The van der Waals surface area contributed by atoms with Crippen LogP contribution in [0.2, 0.25) is 18.1 Å². The molecule has 16 heavy (non-hydrogen) atoms. The quantitative estimate of drug-likeness (QED) is 0.458. The van der Waals surface area contributed by atoms with Gasteiger partial charge in [0.15, 0.2) is 8.32 Å². The summed E-state index contributed by atoms with van der Waals surface area (Å²) in [6.45, 7) is 16.1. The molecule has 0 unspecified atom stereocenters. The summed E-state index contributed by atoms with van der Waals surface area (Å²) in [6, 6.07) is 0. The second kappa shape index (κ2) is 12.9. The van der Waals surface area contributed by atoms with Crippen LogP contribution in [-0.4, -0.2) is 36.2 Å². The smallest absolute Gasteiger partial charge is 0.432 e. The van der Waals surface area contributed by atoms with Crippen LogP contribution in [0.15, 0.2) is 0 Å². The van der Waals surface area contributed by atoms with Crippen LogP contribution in [0.5, 0.6) is 0 Å². The van der Waals surface area contributed by atoms with Gasteiger partial charge in [-0.05, 0) is 18.1 Å². The molecular weight excluding hydrogens is 292 g/mol. The largest absolute Gasteiger partial charge is 2.00 e. The maximum absolute atomic E-state index is 9.49. The van der Waals surface area contributed by atoms with E-state index in [0.717, 1.165) is 6.42 Å². The molecule has 1 N–H and O–H groups in total. The van der Waals surface area contributed by atoms with E-state index in [1.807, 2.05) is 13.1 Å². The normalized spacial score (nSPS) is 10.5. The molecule has 0 saturated heterocycles. The molecule has 0 saturated carbocycles. The van der Waals surface area contributed by atoms with Crippen LogP contribution in [0.1, 0.15) is 53.4 Å². The Morgan fingerprint density at radius 1 is 1.12 bits per heavy atom. The average Bonchev–Trinajstić information content (AvgIpc) is 1.98. The summed E-state index contributed by atoms with van der Waals surface area (Å²) in [5, 5.41) is 0.132. The van der Waals surface area contributed by atoms with Gasteiger partial charge in [0, 0.05) is 0 Å². The van der Waals surface area contributed by atoms with E-state index in [2.05, 4.69) is 34.6 Å². The maximum Gasteiger partial charge on any atom is 2.00 e. The standard InChI is InChI=1S/C6H16OSi.C6H13.BrH.Mg/c1-6(2,3)8(4,5)7;1-3-5-6-4-2;;/h7H,1-5H3;1,3-6H2,2H3;1H;/q;-1;;+2. The summed E-state index contributed by atoms with van der Waals surface area (Å²) in [5.74, 6) is 0. The molecule has 0 atom stereocenters. The number of unbranched alkanes of at least 4 members (excludes halogenated alkanes) is 3. The van der Waals surface area contributed by atoms with Crippen molar-refractivity contribution in [3.63, 3.8) is 0 Å². The predicted molar refractivity (Wildman–Crippen MR) is 85.0 cm³/mol. The first-order valence-corrected chi connectivity index (χ1v) is 8.63. The Kier molecular flexibility index (Phi) is 21.0. The zero-order valence-corrected chi connectivity index (χ0v) is 16.2. The summed E-state index contributed by atoms with van der Waals surface area (Å²) in [4.78, 5) is 9.49. The van der Waals surface area contributed by atoms with Crippen molar-refractivity contribution in [1.29, 1.82) is 0 Å². The van der Waals surface area contributed by atoms with Gasteiger partial charge >= 0.3 is 23.1 Å². The van der Waals surface area contributed by atoms with E-state index in [1.165, 1.54) is 19.3 Å². The minimum absolute atomic E-state index is 0. The molecule has 0 aromatic carbocycles. The van der Waals surface area contributed by atoms with E-state index in [0.29, 0.717) is 0 Å². The maximum atomic E-state index is 9.49. The molecule has 0 fully saturated rings. The van der Waals surface area contributed by atoms with E-state index in [9.17, 15) is 4.80 Å². The first-order valence-electron chi connectivity index (χ1n) is 5.68. The summed E-state index contributed by atoms with van der Waals surface area (Å²) < 4.78 is 0. The minimum Gasteiger partial charge on any atom is -0.432 e. The Morgan fingerprint density at radius 2 is 1.44 bits per heavy atom. The fourth-order valence-corrected chi connectivity index (χ4v) is 0.427. The van der Waals surface area contributed by atoms with Crippen molar-refractivity contribution in [2.24, 2.45) is 0 Å². The Hall–Kier alpha value is 1.42. The average molecular weight is 323 g/mol. The predicted octanol–water partition coefficient (Wildman–Crippen LogP) is 4.58. The van der Waals surface area contributed by atoms with E-state index in [4.69, 9.17) is 0 Å².